The molecule has 0 unspecified atom stereocenters. The minimum atomic E-state index is -0.0511. The molecule has 6 nitrogen and oxygen atoms in total. The van der Waals surface area contributed by atoms with Gasteiger partial charge in [0.25, 0.3) is 5.56 Å². The van der Waals surface area contributed by atoms with Gasteiger partial charge < -0.3 is 14.8 Å². The van der Waals surface area contributed by atoms with Gasteiger partial charge >= 0.3 is 0 Å². The van der Waals surface area contributed by atoms with E-state index in [1.165, 1.54) is 7.11 Å². The second kappa shape index (κ2) is 5.81. The Labute approximate surface area is 128 Å². The number of aromatic nitrogens is 2. The van der Waals surface area contributed by atoms with Gasteiger partial charge in [-0.1, -0.05) is 6.07 Å². The molecule has 2 heterocycles. The number of benzene rings is 1. The summed E-state index contributed by atoms with van der Waals surface area (Å²) in [7, 11) is 1.53. The first-order valence-corrected chi connectivity index (χ1v) is 7.23. The summed E-state index contributed by atoms with van der Waals surface area (Å²) in [5.41, 5.74) is 2.58. The predicted molar refractivity (Wildman–Crippen MR) is 82.1 cm³/mol. The van der Waals surface area contributed by atoms with Crippen molar-refractivity contribution in [2.45, 2.75) is 26.4 Å². The average Bonchev–Trinajstić information content (AvgIpc) is 2.48. The summed E-state index contributed by atoms with van der Waals surface area (Å²) < 4.78 is 5.05. The van der Waals surface area contributed by atoms with E-state index in [2.05, 4.69) is 14.9 Å². The molecular weight excluding hydrogens is 282 g/mol. The van der Waals surface area contributed by atoms with Crippen LogP contribution in [0.5, 0.6) is 11.5 Å². The molecule has 1 aliphatic heterocycles. The lowest BCUT2D eigenvalue weighted by atomic mass is 10.1. The molecule has 0 atom stereocenters. The molecule has 2 aromatic rings. The summed E-state index contributed by atoms with van der Waals surface area (Å²) in [5, 5.41) is 9.84. The lowest BCUT2D eigenvalue weighted by Crippen LogP contribution is -2.35. The molecule has 0 aliphatic carbocycles. The van der Waals surface area contributed by atoms with Crippen molar-refractivity contribution in [1.82, 2.24) is 14.9 Å². The van der Waals surface area contributed by atoms with Crippen molar-refractivity contribution in [1.29, 1.82) is 0 Å². The Balaban J connectivity index is 1.78. The van der Waals surface area contributed by atoms with E-state index in [4.69, 9.17) is 4.74 Å². The fourth-order valence-electron chi connectivity index (χ4n) is 2.83. The number of hydrogen-bond donors (Lipinski definition) is 2. The van der Waals surface area contributed by atoms with E-state index in [1.807, 2.05) is 6.07 Å². The standard InChI is InChI=1S/C16H19N3O3/c1-10-17-13-5-6-19(9-12(13)16(21)18-10)8-11-3-4-15(22-2)14(20)7-11/h3-4,7,20H,5-6,8-9H2,1-2H3,(H,17,18,21). The fourth-order valence-corrected chi connectivity index (χ4v) is 2.83. The van der Waals surface area contributed by atoms with Crippen LogP contribution in [0.2, 0.25) is 0 Å². The zero-order valence-electron chi connectivity index (χ0n) is 12.7. The van der Waals surface area contributed by atoms with Gasteiger partial charge in [0.15, 0.2) is 11.5 Å². The molecule has 0 spiro atoms. The smallest absolute Gasteiger partial charge is 0.255 e. The van der Waals surface area contributed by atoms with E-state index in [0.29, 0.717) is 24.7 Å². The molecule has 0 saturated carbocycles. The van der Waals surface area contributed by atoms with Crippen LogP contribution in [-0.2, 0) is 19.5 Å². The van der Waals surface area contributed by atoms with Crippen LogP contribution in [0.3, 0.4) is 0 Å². The van der Waals surface area contributed by atoms with Crippen LogP contribution in [-0.4, -0.2) is 33.6 Å². The molecule has 1 aromatic carbocycles. The van der Waals surface area contributed by atoms with Gasteiger partial charge in [-0.15, -0.1) is 0 Å². The lowest BCUT2D eigenvalue weighted by Gasteiger charge is -2.27. The molecule has 2 N–H and O–H groups in total. The van der Waals surface area contributed by atoms with Crippen molar-refractivity contribution in [3.63, 3.8) is 0 Å². The zero-order chi connectivity index (χ0) is 15.7. The number of nitrogens with zero attached hydrogens (tertiary/aromatic N) is 2. The number of aryl methyl sites for hydroxylation is 1. The van der Waals surface area contributed by atoms with Crippen molar-refractivity contribution in [3.05, 3.63) is 51.2 Å². The molecule has 0 saturated heterocycles. The molecule has 3 rings (SSSR count). The van der Waals surface area contributed by atoms with Crippen molar-refractivity contribution < 1.29 is 9.84 Å². The molecule has 116 valence electrons. The number of phenolic OH excluding ortho intramolecular Hbond substituents is 1. The first-order valence-electron chi connectivity index (χ1n) is 7.23. The summed E-state index contributed by atoms with van der Waals surface area (Å²) in [6, 6.07) is 5.37. The van der Waals surface area contributed by atoms with Crippen LogP contribution in [0.1, 0.15) is 22.6 Å². The summed E-state index contributed by atoms with van der Waals surface area (Å²) >= 11 is 0. The highest BCUT2D eigenvalue weighted by Crippen LogP contribution is 2.27. The van der Waals surface area contributed by atoms with Gasteiger partial charge in [0, 0.05) is 26.1 Å². The van der Waals surface area contributed by atoms with E-state index < -0.39 is 0 Å². The maximum Gasteiger partial charge on any atom is 0.255 e. The van der Waals surface area contributed by atoms with Gasteiger partial charge in [-0.2, -0.15) is 0 Å². The molecular formula is C16H19N3O3. The minimum Gasteiger partial charge on any atom is -0.504 e. The molecule has 0 fully saturated rings. The second-order valence-corrected chi connectivity index (χ2v) is 5.54. The fraction of sp³-hybridized carbons (Fsp3) is 0.375. The molecule has 1 aliphatic rings. The maximum absolute atomic E-state index is 12.0. The van der Waals surface area contributed by atoms with Gasteiger partial charge in [0.2, 0.25) is 0 Å². The van der Waals surface area contributed by atoms with Crippen molar-refractivity contribution in [3.8, 4) is 11.5 Å². The monoisotopic (exact) mass is 301 g/mol. The van der Waals surface area contributed by atoms with Gasteiger partial charge in [0.05, 0.1) is 18.4 Å². The van der Waals surface area contributed by atoms with Crippen molar-refractivity contribution in [2.24, 2.45) is 0 Å². The molecule has 6 heteroatoms. The van der Waals surface area contributed by atoms with Crippen molar-refractivity contribution >= 4 is 0 Å². The van der Waals surface area contributed by atoms with Gasteiger partial charge in [-0.25, -0.2) is 4.98 Å². The number of ether oxygens (including phenoxy) is 1. The maximum atomic E-state index is 12.0. The van der Waals surface area contributed by atoms with Crippen molar-refractivity contribution in [2.75, 3.05) is 13.7 Å². The van der Waals surface area contributed by atoms with Crippen LogP contribution < -0.4 is 10.3 Å². The Morgan fingerprint density at radius 1 is 1.45 bits per heavy atom. The second-order valence-electron chi connectivity index (χ2n) is 5.54. The van der Waals surface area contributed by atoms with E-state index in [-0.39, 0.29) is 11.3 Å². The highest BCUT2D eigenvalue weighted by Gasteiger charge is 2.20. The molecule has 22 heavy (non-hydrogen) atoms. The Hall–Kier alpha value is -2.34. The van der Waals surface area contributed by atoms with Crippen LogP contribution in [0.15, 0.2) is 23.0 Å². The van der Waals surface area contributed by atoms with Crippen LogP contribution in [0.4, 0.5) is 0 Å². The first-order chi connectivity index (χ1) is 10.6. The van der Waals surface area contributed by atoms with E-state index >= 15 is 0 Å². The number of phenols is 1. The number of nitrogens with one attached hydrogen (secondary N) is 1. The normalized spacial score (nSPS) is 14.6. The van der Waals surface area contributed by atoms with E-state index in [0.717, 1.165) is 29.8 Å². The van der Waals surface area contributed by atoms with E-state index in [9.17, 15) is 9.90 Å². The summed E-state index contributed by atoms with van der Waals surface area (Å²) in [6.07, 6.45) is 0.766. The van der Waals surface area contributed by atoms with E-state index in [1.54, 1.807) is 19.1 Å². The summed E-state index contributed by atoms with van der Waals surface area (Å²) in [5.74, 6) is 1.26. The molecule has 1 aromatic heterocycles. The number of aromatic hydroxyl groups is 1. The van der Waals surface area contributed by atoms with Crippen LogP contribution in [0.25, 0.3) is 0 Å². The van der Waals surface area contributed by atoms with Crippen LogP contribution >= 0.6 is 0 Å². The Morgan fingerprint density at radius 3 is 3.00 bits per heavy atom. The molecule has 0 amide bonds. The predicted octanol–water partition coefficient (Wildman–Crippen LogP) is 1.35. The zero-order valence-corrected chi connectivity index (χ0v) is 12.7. The number of hydrogen-bond acceptors (Lipinski definition) is 5. The largest absolute Gasteiger partial charge is 0.504 e. The minimum absolute atomic E-state index is 0.0511. The third kappa shape index (κ3) is 2.82. The molecule has 0 radical (unpaired) electrons. The molecule has 0 bridgehead atoms. The number of fused-ring (bicyclic) bond motifs is 1. The van der Waals surface area contributed by atoms with Gasteiger partial charge in [-0.3, -0.25) is 9.69 Å². The number of rotatable bonds is 3. The highest BCUT2D eigenvalue weighted by molar-refractivity contribution is 5.41. The SMILES string of the molecule is COc1ccc(CN2CCc3nc(C)[nH]c(=O)c3C2)cc1O. The quantitative estimate of drug-likeness (QED) is 0.895. The third-order valence-electron chi connectivity index (χ3n) is 3.92. The van der Waals surface area contributed by atoms with Crippen LogP contribution in [0, 0.1) is 6.92 Å². The number of H-pyrrole nitrogens is 1. The average molecular weight is 301 g/mol. The topological polar surface area (TPSA) is 78.5 Å². The van der Waals surface area contributed by atoms with Gasteiger partial charge in [-0.05, 0) is 24.6 Å². The first kappa shape index (κ1) is 14.6. The lowest BCUT2D eigenvalue weighted by molar-refractivity contribution is 0.241. The summed E-state index contributed by atoms with van der Waals surface area (Å²) in [6.45, 7) is 3.89. The summed E-state index contributed by atoms with van der Waals surface area (Å²) in [4.78, 5) is 21.4. The Kier molecular flexibility index (Phi) is 3.85. The highest BCUT2D eigenvalue weighted by atomic mass is 16.5. The third-order valence-corrected chi connectivity index (χ3v) is 3.92. The Bertz CT molecular complexity index is 755. The number of methoxy groups -OCH3 is 1. The number of aromatic amines is 1. The van der Waals surface area contributed by atoms with Gasteiger partial charge in [0.1, 0.15) is 5.82 Å². The Morgan fingerprint density at radius 2 is 2.27 bits per heavy atom.